The van der Waals surface area contributed by atoms with E-state index < -0.39 is 0 Å². The fourth-order valence-electron chi connectivity index (χ4n) is 1.49. The molecule has 1 aromatic rings. The Kier molecular flexibility index (Phi) is 3.40. The molecule has 0 unspecified atom stereocenters. The third-order valence-corrected chi connectivity index (χ3v) is 3.44. The maximum absolute atomic E-state index is 5.74. The van der Waals surface area contributed by atoms with Gasteiger partial charge in [0.25, 0.3) is 0 Å². The van der Waals surface area contributed by atoms with Gasteiger partial charge in [0.15, 0.2) is 0 Å². The first-order chi connectivity index (χ1) is 7.15. The van der Waals surface area contributed by atoms with E-state index in [-0.39, 0.29) is 6.10 Å². The highest BCUT2D eigenvalue weighted by Gasteiger charge is 2.23. The van der Waals surface area contributed by atoms with Gasteiger partial charge in [0.1, 0.15) is 6.10 Å². The van der Waals surface area contributed by atoms with Crippen molar-refractivity contribution in [1.82, 2.24) is 15.3 Å². The summed E-state index contributed by atoms with van der Waals surface area (Å²) in [7, 11) is 0. The van der Waals surface area contributed by atoms with Crippen molar-refractivity contribution in [2.75, 3.05) is 6.54 Å². The molecule has 1 aliphatic heterocycles. The summed E-state index contributed by atoms with van der Waals surface area (Å²) < 4.78 is 6.25. The average molecular weight is 319 g/mol. The maximum Gasteiger partial charge on any atom is 0.232 e. The standard InChI is InChI=1S/C10H14IN3O/c1-6-7(2)14-10(5-12-6)15-8-3-9(11)13-4-8/h5,8-9,13H,3-4H2,1-2H3/t8-,9-/m1/s1. The van der Waals surface area contributed by atoms with Crippen molar-refractivity contribution < 1.29 is 4.74 Å². The van der Waals surface area contributed by atoms with E-state index in [1.807, 2.05) is 13.8 Å². The van der Waals surface area contributed by atoms with Gasteiger partial charge in [-0.05, 0) is 13.8 Å². The average Bonchev–Trinajstić information content (AvgIpc) is 2.58. The van der Waals surface area contributed by atoms with Crippen LogP contribution in [0.2, 0.25) is 0 Å². The lowest BCUT2D eigenvalue weighted by Gasteiger charge is -2.11. The first-order valence-corrected chi connectivity index (χ1v) is 6.24. The van der Waals surface area contributed by atoms with Crippen LogP contribution in [0.5, 0.6) is 5.88 Å². The molecular weight excluding hydrogens is 305 g/mol. The SMILES string of the molecule is Cc1ncc(O[C@H]2CN[C@@H](I)C2)nc1C. The highest BCUT2D eigenvalue weighted by molar-refractivity contribution is 14.1. The lowest BCUT2D eigenvalue weighted by molar-refractivity contribution is 0.212. The lowest BCUT2D eigenvalue weighted by atomic mass is 10.3. The van der Waals surface area contributed by atoms with Crippen molar-refractivity contribution in [3.63, 3.8) is 0 Å². The number of alkyl halides is 1. The van der Waals surface area contributed by atoms with E-state index in [1.165, 1.54) is 0 Å². The van der Waals surface area contributed by atoms with Gasteiger partial charge in [-0.25, -0.2) is 4.98 Å². The molecule has 1 N–H and O–H groups in total. The number of hydrogen-bond donors (Lipinski definition) is 1. The van der Waals surface area contributed by atoms with E-state index in [1.54, 1.807) is 6.20 Å². The van der Waals surface area contributed by atoms with Crippen molar-refractivity contribution in [2.24, 2.45) is 0 Å². The Labute approximate surface area is 103 Å². The zero-order valence-electron chi connectivity index (χ0n) is 8.83. The predicted molar refractivity (Wildman–Crippen MR) is 66.3 cm³/mol. The normalized spacial score (nSPS) is 25.5. The molecule has 0 bridgehead atoms. The lowest BCUT2D eigenvalue weighted by Crippen LogP contribution is -2.20. The number of ether oxygens (including phenoxy) is 1. The van der Waals surface area contributed by atoms with Gasteiger partial charge in [0, 0.05) is 13.0 Å². The second kappa shape index (κ2) is 4.61. The molecule has 0 spiro atoms. The van der Waals surface area contributed by atoms with E-state index in [2.05, 4.69) is 37.9 Å². The quantitative estimate of drug-likeness (QED) is 0.511. The molecule has 0 radical (unpaired) electrons. The Morgan fingerprint density at radius 3 is 2.87 bits per heavy atom. The number of nitrogens with zero attached hydrogens (tertiary/aromatic N) is 2. The van der Waals surface area contributed by atoms with Crippen molar-refractivity contribution in [3.8, 4) is 5.88 Å². The Morgan fingerprint density at radius 1 is 1.47 bits per heavy atom. The minimum atomic E-state index is 0.225. The summed E-state index contributed by atoms with van der Waals surface area (Å²) in [6.07, 6.45) is 2.95. The van der Waals surface area contributed by atoms with Crippen molar-refractivity contribution in [1.29, 1.82) is 0 Å². The molecule has 2 rings (SSSR count). The topological polar surface area (TPSA) is 47.0 Å². The van der Waals surface area contributed by atoms with Gasteiger partial charge in [0.05, 0.1) is 21.6 Å². The van der Waals surface area contributed by atoms with Crippen LogP contribution in [0.3, 0.4) is 0 Å². The van der Waals surface area contributed by atoms with Crippen LogP contribution in [0.15, 0.2) is 6.20 Å². The molecule has 0 aromatic carbocycles. The Bertz CT molecular complexity index is 359. The number of aryl methyl sites for hydroxylation is 2. The molecular formula is C10H14IN3O. The predicted octanol–water partition coefficient (Wildman–Crippen LogP) is 1.60. The van der Waals surface area contributed by atoms with Gasteiger partial charge in [0.2, 0.25) is 5.88 Å². The van der Waals surface area contributed by atoms with Crippen LogP contribution >= 0.6 is 22.6 Å². The molecule has 1 aliphatic rings. The number of aromatic nitrogens is 2. The summed E-state index contributed by atoms with van der Waals surface area (Å²) in [5, 5.41) is 3.33. The second-order valence-corrected chi connectivity index (χ2v) is 5.23. The summed E-state index contributed by atoms with van der Waals surface area (Å²) in [5.41, 5.74) is 1.89. The van der Waals surface area contributed by atoms with Gasteiger partial charge in [-0.15, -0.1) is 0 Å². The summed E-state index contributed by atoms with van der Waals surface area (Å²) >= 11 is 2.37. The summed E-state index contributed by atoms with van der Waals surface area (Å²) in [6, 6.07) is 0. The molecule has 1 fully saturated rings. The third-order valence-electron chi connectivity index (χ3n) is 2.49. The fourth-order valence-corrected chi connectivity index (χ4v) is 2.32. The molecule has 4 nitrogen and oxygen atoms in total. The van der Waals surface area contributed by atoms with E-state index in [9.17, 15) is 0 Å². The molecule has 82 valence electrons. The van der Waals surface area contributed by atoms with Gasteiger partial charge in [-0.2, -0.15) is 0 Å². The molecule has 2 heterocycles. The van der Waals surface area contributed by atoms with Gasteiger partial charge in [-0.1, -0.05) is 22.6 Å². The number of hydrogen-bond acceptors (Lipinski definition) is 4. The maximum atomic E-state index is 5.74. The minimum Gasteiger partial charge on any atom is -0.472 e. The minimum absolute atomic E-state index is 0.225. The summed E-state index contributed by atoms with van der Waals surface area (Å²) in [4.78, 5) is 8.58. The van der Waals surface area contributed by atoms with Crippen LogP contribution in [-0.2, 0) is 0 Å². The zero-order chi connectivity index (χ0) is 10.8. The molecule has 0 saturated carbocycles. The molecule has 0 aliphatic carbocycles. The van der Waals surface area contributed by atoms with Crippen LogP contribution < -0.4 is 10.1 Å². The molecule has 15 heavy (non-hydrogen) atoms. The van der Waals surface area contributed by atoms with Crippen molar-refractivity contribution in [2.45, 2.75) is 30.4 Å². The Morgan fingerprint density at radius 2 is 2.27 bits per heavy atom. The van der Waals surface area contributed by atoms with Gasteiger partial charge in [-0.3, -0.25) is 4.98 Å². The number of halogens is 1. The molecule has 2 atom stereocenters. The number of rotatable bonds is 2. The van der Waals surface area contributed by atoms with Gasteiger partial charge < -0.3 is 10.1 Å². The second-order valence-electron chi connectivity index (χ2n) is 3.73. The van der Waals surface area contributed by atoms with E-state index in [0.29, 0.717) is 9.93 Å². The summed E-state index contributed by atoms with van der Waals surface area (Å²) in [5.74, 6) is 0.635. The van der Waals surface area contributed by atoms with E-state index in [0.717, 1.165) is 24.4 Å². The first kappa shape index (κ1) is 11.1. The van der Waals surface area contributed by atoms with Crippen molar-refractivity contribution >= 4 is 22.6 Å². The van der Waals surface area contributed by atoms with Crippen LogP contribution in [0.4, 0.5) is 0 Å². The fraction of sp³-hybridized carbons (Fsp3) is 0.600. The first-order valence-electron chi connectivity index (χ1n) is 4.99. The summed E-state index contributed by atoms with van der Waals surface area (Å²) in [6.45, 7) is 4.79. The molecule has 1 saturated heterocycles. The Hall–Kier alpha value is -0.430. The Balaban J connectivity index is 2.02. The smallest absolute Gasteiger partial charge is 0.232 e. The van der Waals surface area contributed by atoms with Crippen LogP contribution in [0.25, 0.3) is 0 Å². The highest BCUT2D eigenvalue weighted by Crippen LogP contribution is 2.18. The van der Waals surface area contributed by atoms with Crippen LogP contribution in [0.1, 0.15) is 17.8 Å². The van der Waals surface area contributed by atoms with Crippen LogP contribution in [0, 0.1) is 13.8 Å². The van der Waals surface area contributed by atoms with E-state index >= 15 is 0 Å². The van der Waals surface area contributed by atoms with Gasteiger partial charge >= 0.3 is 0 Å². The van der Waals surface area contributed by atoms with Crippen molar-refractivity contribution in [3.05, 3.63) is 17.6 Å². The molecule has 1 aromatic heterocycles. The molecule has 5 heteroatoms. The van der Waals surface area contributed by atoms with E-state index in [4.69, 9.17) is 4.74 Å². The third kappa shape index (κ3) is 2.78. The monoisotopic (exact) mass is 319 g/mol. The highest BCUT2D eigenvalue weighted by atomic mass is 127. The molecule has 0 amide bonds. The van der Waals surface area contributed by atoms with Crippen LogP contribution in [-0.4, -0.2) is 26.7 Å². The number of nitrogens with one attached hydrogen (secondary N) is 1. The zero-order valence-corrected chi connectivity index (χ0v) is 11.0. The largest absolute Gasteiger partial charge is 0.472 e.